The fraction of sp³-hybridized carbons (Fsp3) is 0.629. The average Bonchev–Trinajstić information content (AvgIpc) is 3.50. The Labute approximate surface area is 485 Å². The summed E-state index contributed by atoms with van der Waals surface area (Å²) in [4.78, 5) is 20.6. The van der Waals surface area contributed by atoms with E-state index < -0.39 is 0 Å². The zero-order valence-electron chi connectivity index (χ0n) is 51.2. The van der Waals surface area contributed by atoms with E-state index in [1.807, 2.05) is 24.5 Å². The Morgan fingerprint density at radius 1 is 0.588 bits per heavy atom. The van der Waals surface area contributed by atoms with Gasteiger partial charge in [0.25, 0.3) is 0 Å². The first-order valence-corrected chi connectivity index (χ1v) is 31.6. The standard InChI is InChI=1S/C70H106N8O2/c1-13-45-79-67(61-29-33-71-63-27-19-17-25-59(61)63)65-47-57-31-43-77(65,51-55(57)15-3)41-23-21-35-75-39-37-73(11)70(9,10)50-54(6)76(40-38-74(12)69(7,8)49-53(75)5)36-22-24-42-78-44-32-58(56(16-4)52-78)48-66(78)68(80-46-14-2)62-30-34-72-64-28-20-18-26-60(62)64/h13-20,25-30,33-34,53-58,65-68H,1-4,21-24,31-32,35-52H2,5-12H3/q+2/t53?,54?,55-,56-,57+,58+,65-,66-,67+,68+,77+,78+/m1/s1. The van der Waals surface area contributed by atoms with Gasteiger partial charge in [-0.25, -0.2) is 0 Å². The minimum absolute atomic E-state index is 0.00684. The molecule has 7 aliphatic heterocycles. The Bertz CT molecular complexity index is 2500. The van der Waals surface area contributed by atoms with Crippen LogP contribution in [0.4, 0.5) is 0 Å². The molecule has 11 rings (SSSR count). The quantitative estimate of drug-likeness (QED) is 0.0438. The lowest BCUT2D eigenvalue weighted by molar-refractivity contribution is -0.973. The van der Waals surface area contributed by atoms with Gasteiger partial charge in [0.05, 0.1) is 63.5 Å². The second-order valence-electron chi connectivity index (χ2n) is 27.2. The number of nitrogens with zero attached hydrogens (tertiary/aromatic N) is 8. The second kappa shape index (κ2) is 26.6. The maximum absolute atomic E-state index is 6.92. The van der Waals surface area contributed by atoms with Gasteiger partial charge in [-0.15, -0.1) is 26.3 Å². The molecule has 0 N–H and O–H groups in total. The topological polar surface area (TPSA) is 57.2 Å². The van der Waals surface area contributed by atoms with Crippen LogP contribution < -0.4 is 0 Å². The normalized spacial score (nSPS) is 31.6. The van der Waals surface area contributed by atoms with Crippen molar-refractivity contribution in [3.8, 4) is 0 Å². The number of unbranched alkanes of at least 4 members (excludes halogenated alkanes) is 2. The lowest BCUT2D eigenvalue weighted by Gasteiger charge is -2.58. The van der Waals surface area contributed by atoms with Gasteiger partial charge in [-0.05, 0) is 154 Å². The molecule has 0 spiro atoms. The molecule has 2 aromatic carbocycles. The molecule has 0 radical (unpaired) electrons. The first-order valence-electron chi connectivity index (χ1n) is 31.6. The van der Waals surface area contributed by atoms with Crippen LogP contribution in [0.15, 0.2) is 124 Å². The summed E-state index contributed by atoms with van der Waals surface area (Å²) in [7, 11) is 4.80. The molecule has 9 heterocycles. The first-order chi connectivity index (χ1) is 38.6. The number of pyridine rings is 2. The summed E-state index contributed by atoms with van der Waals surface area (Å²) >= 11 is 0. The van der Waals surface area contributed by atoms with Crippen molar-refractivity contribution in [2.75, 3.05) is 106 Å². The molecule has 10 heteroatoms. The van der Waals surface area contributed by atoms with Crippen LogP contribution in [0, 0.1) is 23.7 Å². The van der Waals surface area contributed by atoms with Crippen LogP contribution in [-0.4, -0.2) is 180 Å². The fourth-order valence-electron chi connectivity index (χ4n) is 16.6. The molecule has 10 nitrogen and oxygen atoms in total. The van der Waals surface area contributed by atoms with Crippen molar-refractivity contribution < 1.29 is 18.4 Å². The molecule has 0 aliphatic carbocycles. The van der Waals surface area contributed by atoms with Gasteiger partial charge in [0, 0.05) is 110 Å². The molecule has 0 amide bonds. The highest BCUT2D eigenvalue weighted by Crippen LogP contribution is 2.50. The maximum Gasteiger partial charge on any atom is 0.135 e. The number of hydrogen-bond donors (Lipinski definition) is 0. The first kappa shape index (κ1) is 60.5. The smallest absolute Gasteiger partial charge is 0.135 e. The number of rotatable bonds is 22. The van der Waals surface area contributed by atoms with Gasteiger partial charge in [0.1, 0.15) is 24.3 Å². The highest BCUT2D eigenvalue weighted by Gasteiger charge is 2.56. The van der Waals surface area contributed by atoms with Gasteiger partial charge in [0.15, 0.2) is 0 Å². The molecular formula is C70H106N8O2+2. The maximum atomic E-state index is 6.92. The van der Waals surface area contributed by atoms with Crippen molar-refractivity contribution in [2.24, 2.45) is 23.7 Å². The summed E-state index contributed by atoms with van der Waals surface area (Å²) in [6.07, 6.45) is 24.4. The molecule has 7 saturated heterocycles. The van der Waals surface area contributed by atoms with Gasteiger partial charge in [-0.3, -0.25) is 29.6 Å². The number of aromatic nitrogens is 2. The highest BCUT2D eigenvalue weighted by molar-refractivity contribution is 5.83. The minimum Gasteiger partial charge on any atom is -0.363 e. The van der Waals surface area contributed by atoms with E-state index in [4.69, 9.17) is 19.4 Å². The highest BCUT2D eigenvalue weighted by atomic mass is 16.5. The Kier molecular flexibility index (Phi) is 20.1. The molecule has 4 bridgehead atoms. The molecule has 7 fully saturated rings. The van der Waals surface area contributed by atoms with E-state index in [9.17, 15) is 0 Å². The van der Waals surface area contributed by atoms with Crippen LogP contribution in [0.25, 0.3) is 21.8 Å². The van der Waals surface area contributed by atoms with E-state index in [0.29, 0.717) is 61.1 Å². The summed E-state index contributed by atoms with van der Waals surface area (Å²) in [5.74, 6) is 2.46. The lowest BCUT2D eigenvalue weighted by Crippen LogP contribution is -2.68. The van der Waals surface area contributed by atoms with Crippen molar-refractivity contribution in [3.05, 3.63) is 135 Å². The molecule has 2 aromatic heterocycles. The van der Waals surface area contributed by atoms with Crippen LogP contribution >= 0.6 is 0 Å². The zero-order valence-corrected chi connectivity index (χ0v) is 51.2. The molecular weight excluding hydrogens is 985 g/mol. The van der Waals surface area contributed by atoms with Gasteiger partial charge in [-0.1, -0.05) is 60.7 Å². The molecule has 4 aromatic rings. The Morgan fingerprint density at radius 2 is 1.00 bits per heavy atom. The molecule has 7 aliphatic rings. The van der Waals surface area contributed by atoms with E-state index in [0.717, 1.165) is 72.1 Å². The summed E-state index contributed by atoms with van der Waals surface area (Å²) in [5, 5.41) is 2.43. The number of fused-ring (bicyclic) bond motifs is 8. The van der Waals surface area contributed by atoms with Crippen molar-refractivity contribution in [2.45, 2.75) is 153 Å². The lowest BCUT2D eigenvalue weighted by atomic mass is 9.71. The van der Waals surface area contributed by atoms with Gasteiger partial charge >= 0.3 is 0 Å². The molecule has 12 atom stereocenters. The van der Waals surface area contributed by atoms with Crippen LogP contribution in [0.2, 0.25) is 0 Å². The Morgan fingerprint density at radius 3 is 1.40 bits per heavy atom. The number of para-hydroxylation sites is 2. The number of benzene rings is 2. The van der Waals surface area contributed by atoms with E-state index in [1.165, 1.54) is 113 Å². The predicted molar refractivity (Wildman–Crippen MR) is 335 cm³/mol. The summed E-state index contributed by atoms with van der Waals surface area (Å²) in [5.41, 5.74) is 4.77. The van der Waals surface area contributed by atoms with Crippen LogP contribution in [0.1, 0.15) is 129 Å². The predicted octanol–water partition coefficient (Wildman–Crippen LogP) is 12.9. The third kappa shape index (κ3) is 13.3. The van der Waals surface area contributed by atoms with Gasteiger partial charge in [-0.2, -0.15) is 0 Å². The van der Waals surface area contributed by atoms with Crippen molar-refractivity contribution in [1.29, 1.82) is 0 Å². The second-order valence-corrected chi connectivity index (χ2v) is 27.2. The number of likely N-dealkylation sites (N-methyl/N-ethyl adjacent to an activating group) is 2. The molecule has 80 heavy (non-hydrogen) atoms. The number of quaternary nitrogens is 2. The van der Waals surface area contributed by atoms with Gasteiger partial charge in [0.2, 0.25) is 0 Å². The summed E-state index contributed by atoms with van der Waals surface area (Å²) < 4.78 is 16.1. The third-order valence-electron chi connectivity index (χ3n) is 21.8. The molecule has 436 valence electrons. The van der Waals surface area contributed by atoms with E-state index in [2.05, 4.69) is 174 Å². The van der Waals surface area contributed by atoms with Crippen LogP contribution in [0.5, 0.6) is 0 Å². The minimum atomic E-state index is -0.00684. The van der Waals surface area contributed by atoms with Crippen molar-refractivity contribution >= 4 is 21.8 Å². The van der Waals surface area contributed by atoms with E-state index in [-0.39, 0.29) is 23.3 Å². The third-order valence-corrected chi connectivity index (χ3v) is 21.8. The fourth-order valence-corrected chi connectivity index (χ4v) is 16.6. The van der Waals surface area contributed by atoms with E-state index >= 15 is 0 Å². The van der Waals surface area contributed by atoms with E-state index in [1.54, 1.807) is 0 Å². The zero-order chi connectivity index (χ0) is 56.7. The van der Waals surface area contributed by atoms with Crippen LogP contribution in [0.3, 0.4) is 0 Å². The van der Waals surface area contributed by atoms with Crippen molar-refractivity contribution in [3.63, 3.8) is 0 Å². The molecule has 2 unspecified atom stereocenters. The summed E-state index contributed by atoms with van der Waals surface area (Å²) in [6.45, 7) is 46.8. The van der Waals surface area contributed by atoms with Gasteiger partial charge < -0.3 is 18.4 Å². The average molecular weight is 1090 g/mol. The van der Waals surface area contributed by atoms with Crippen molar-refractivity contribution in [1.82, 2.24) is 29.6 Å². The number of ether oxygens (including phenoxy) is 2. The molecule has 0 saturated carbocycles. The monoisotopic (exact) mass is 1090 g/mol. The Hall–Kier alpha value is -4.10. The largest absolute Gasteiger partial charge is 0.363 e. The SMILES string of the molecule is C=CCO[C@@H](c1ccnc2ccccc12)[C@H]1C[C@@H]2CC[N@@+]1(CCCCN1CCN(C)C(C)(C)CC(C)N(CCCC[N@@+]34CC[C@@H](C[C@@H]3[C@@H](OCC=C)c3ccnc5ccccc35)[C@H](C=C)C4)CCN(C)C(C)(C)CC1C)C[C@H]2C=C. The van der Waals surface area contributed by atoms with Crippen LogP contribution in [-0.2, 0) is 9.47 Å². The number of piperidine rings is 6. The number of hydrogen-bond acceptors (Lipinski definition) is 8. The Balaban J connectivity index is 0.856. The summed E-state index contributed by atoms with van der Waals surface area (Å²) in [6, 6.07) is 23.4.